The van der Waals surface area contributed by atoms with E-state index in [0.29, 0.717) is 17.9 Å². The van der Waals surface area contributed by atoms with Gasteiger partial charge >= 0.3 is 5.97 Å². The van der Waals surface area contributed by atoms with Crippen molar-refractivity contribution in [2.45, 2.75) is 19.9 Å². The topological polar surface area (TPSA) is 97.1 Å². The number of fused-ring (bicyclic) bond motifs is 1. The Kier molecular flexibility index (Phi) is 6.28. The summed E-state index contributed by atoms with van der Waals surface area (Å²) >= 11 is 0. The molecule has 7 nitrogen and oxygen atoms in total. The van der Waals surface area contributed by atoms with Crippen LogP contribution in [0.25, 0.3) is 33.3 Å². The van der Waals surface area contributed by atoms with E-state index in [9.17, 15) is 9.59 Å². The number of aromatic nitrogens is 3. The highest BCUT2D eigenvalue weighted by atomic mass is 16.4. The molecule has 2 heterocycles. The van der Waals surface area contributed by atoms with E-state index in [2.05, 4.69) is 15.4 Å². The van der Waals surface area contributed by atoms with Crippen molar-refractivity contribution in [3.05, 3.63) is 107 Å². The van der Waals surface area contributed by atoms with Crippen LogP contribution in [0.1, 0.15) is 12.5 Å². The summed E-state index contributed by atoms with van der Waals surface area (Å²) in [6, 6.07) is 26.8. The third-order valence-electron chi connectivity index (χ3n) is 5.99. The number of hydrogen-bond acceptors (Lipinski definition) is 5. The van der Waals surface area contributed by atoms with Crippen LogP contribution in [0.3, 0.4) is 0 Å². The van der Waals surface area contributed by atoms with Crippen molar-refractivity contribution in [2.24, 2.45) is 0 Å². The molecular weight excluding hydrogens is 452 g/mol. The van der Waals surface area contributed by atoms with Gasteiger partial charge in [-0.25, -0.2) is 4.68 Å². The van der Waals surface area contributed by atoms with Gasteiger partial charge in [0.25, 0.3) is 5.56 Å². The lowest BCUT2D eigenvalue weighted by molar-refractivity contribution is -0.136. The highest BCUT2D eigenvalue weighted by molar-refractivity contribution is 5.93. The van der Waals surface area contributed by atoms with Crippen molar-refractivity contribution in [2.75, 3.05) is 5.32 Å². The van der Waals surface area contributed by atoms with Gasteiger partial charge < -0.3 is 10.4 Å². The van der Waals surface area contributed by atoms with Crippen molar-refractivity contribution in [1.82, 2.24) is 14.8 Å². The van der Waals surface area contributed by atoms with Crippen LogP contribution < -0.4 is 10.9 Å². The molecule has 2 aromatic heterocycles. The Morgan fingerprint density at radius 3 is 2.44 bits per heavy atom. The van der Waals surface area contributed by atoms with Gasteiger partial charge in [0.15, 0.2) is 0 Å². The van der Waals surface area contributed by atoms with E-state index in [4.69, 9.17) is 5.11 Å². The number of pyridine rings is 1. The molecule has 0 unspecified atom stereocenters. The molecule has 0 radical (unpaired) electrons. The maximum absolute atomic E-state index is 13.1. The number of carboxylic acids is 1. The van der Waals surface area contributed by atoms with E-state index in [1.807, 2.05) is 85.8 Å². The number of benzene rings is 3. The predicted molar refractivity (Wildman–Crippen MR) is 141 cm³/mol. The van der Waals surface area contributed by atoms with Crippen LogP contribution in [0, 0.1) is 0 Å². The number of rotatable bonds is 7. The summed E-state index contributed by atoms with van der Waals surface area (Å²) in [5.41, 5.74) is 6.10. The molecule has 0 aliphatic rings. The maximum Gasteiger partial charge on any atom is 0.307 e. The van der Waals surface area contributed by atoms with Gasteiger partial charge in [-0.15, -0.1) is 0 Å². The van der Waals surface area contributed by atoms with Gasteiger partial charge in [0.05, 0.1) is 17.6 Å². The molecule has 0 saturated heterocycles. The normalized spacial score (nSPS) is 10.9. The SMILES string of the molecule is CCn1nc(-c2cccc(-c3ccc(CC(=O)O)cc3)c2)cc(Nc2cccc3ncccc23)c1=O. The third-order valence-corrected chi connectivity index (χ3v) is 5.99. The summed E-state index contributed by atoms with van der Waals surface area (Å²) in [6.45, 7) is 2.32. The fourth-order valence-electron chi connectivity index (χ4n) is 4.19. The monoisotopic (exact) mass is 476 g/mol. The average molecular weight is 477 g/mol. The highest BCUT2D eigenvalue weighted by Crippen LogP contribution is 2.28. The summed E-state index contributed by atoms with van der Waals surface area (Å²) in [5, 5.41) is 17.8. The van der Waals surface area contributed by atoms with Gasteiger partial charge in [0, 0.05) is 29.4 Å². The van der Waals surface area contributed by atoms with Crippen LogP contribution in [-0.2, 0) is 17.8 Å². The summed E-state index contributed by atoms with van der Waals surface area (Å²) in [5.74, 6) is -0.856. The number of carboxylic acid groups (broad SMARTS) is 1. The zero-order valence-electron chi connectivity index (χ0n) is 19.7. The Hall–Kier alpha value is -4.78. The predicted octanol–water partition coefficient (Wildman–Crippen LogP) is 5.52. The van der Waals surface area contributed by atoms with Crippen LogP contribution in [-0.4, -0.2) is 25.8 Å². The Balaban J connectivity index is 1.53. The van der Waals surface area contributed by atoms with E-state index in [1.54, 1.807) is 12.3 Å². The molecule has 0 aliphatic carbocycles. The lowest BCUT2D eigenvalue weighted by atomic mass is 10.00. The molecule has 0 amide bonds. The number of nitrogens with one attached hydrogen (secondary N) is 1. The number of aliphatic carboxylic acids is 1. The van der Waals surface area contributed by atoms with Gasteiger partial charge in [0.1, 0.15) is 5.69 Å². The molecule has 0 spiro atoms. The highest BCUT2D eigenvalue weighted by Gasteiger charge is 2.12. The molecule has 5 aromatic rings. The fourth-order valence-corrected chi connectivity index (χ4v) is 4.19. The van der Waals surface area contributed by atoms with Crippen molar-refractivity contribution in [3.8, 4) is 22.4 Å². The second kappa shape index (κ2) is 9.84. The van der Waals surface area contributed by atoms with E-state index in [-0.39, 0.29) is 12.0 Å². The number of nitrogens with zero attached hydrogens (tertiary/aromatic N) is 3. The van der Waals surface area contributed by atoms with Crippen LogP contribution in [0.2, 0.25) is 0 Å². The standard InChI is InChI=1S/C29H24N4O3/c1-2-33-29(36)27(31-25-10-4-9-24-23(25)8-5-15-30-24)18-26(32-33)22-7-3-6-21(17-22)20-13-11-19(12-14-20)16-28(34)35/h3-15,17-18,31H,2,16H2,1H3,(H,34,35). The molecule has 0 atom stereocenters. The first-order valence-corrected chi connectivity index (χ1v) is 11.7. The van der Waals surface area contributed by atoms with E-state index in [1.165, 1.54) is 4.68 Å². The largest absolute Gasteiger partial charge is 0.481 e. The Morgan fingerprint density at radius 2 is 1.67 bits per heavy atom. The molecule has 178 valence electrons. The number of anilines is 2. The molecule has 0 aliphatic heterocycles. The minimum Gasteiger partial charge on any atom is -0.481 e. The Bertz CT molecular complexity index is 1620. The molecule has 36 heavy (non-hydrogen) atoms. The first kappa shape index (κ1) is 23.0. The lowest BCUT2D eigenvalue weighted by Crippen LogP contribution is -2.24. The van der Waals surface area contributed by atoms with E-state index < -0.39 is 5.97 Å². The lowest BCUT2D eigenvalue weighted by Gasteiger charge is -2.13. The molecule has 7 heteroatoms. The second-order valence-electron chi connectivity index (χ2n) is 8.41. The Labute approximate surface area is 207 Å². The number of hydrogen-bond donors (Lipinski definition) is 2. The summed E-state index contributed by atoms with van der Waals surface area (Å²) in [7, 11) is 0. The molecule has 0 saturated carbocycles. The van der Waals surface area contributed by atoms with Crippen LogP contribution in [0.15, 0.2) is 95.9 Å². The molecule has 3 aromatic carbocycles. The Morgan fingerprint density at radius 1 is 0.889 bits per heavy atom. The third kappa shape index (κ3) is 4.72. The van der Waals surface area contributed by atoms with Gasteiger partial charge in [-0.05, 0) is 60.0 Å². The van der Waals surface area contributed by atoms with Crippen LogP contribution in [0.4, 0.5) is 11.4 Å². The van der Waals surface area contributed by atoms with Gasteiger partial charge in [0.2, 0.25) is 0 Å². The molecular formula is C29H24N4O3. The van der Waals surface area contributed by atoms with Gasteiger partial charge in [-0.3, -0.25) is 14.6 Å². The summed E-state index contributed by atoms with van der Waals surface area (Å²) in [4.78, 5) is 28.5. The molecule has 5 rings (SSSR count). The van der Waals surface area contributed by atoms with Crippen LogP contribution >= 0.6 is 0 Å². The quantitative estimate of drug-likeness (QED) is 0.321. The maximum atomic E-state index is 13.1. The van der Waals surface area contributed by atoms with Gasteiger partial charge in [-0.2, -0.15) is 5.10 Å². The van der Waals surface area contributed by atoms with Crippen molar-refractivity contribution in [3.63, 3.8) is 0 Å². The summed E-state index contributed by atoms with van der Waals surface area (Å²) < 4.78 is 1.45. The smallest absolute Gasteiger partial charge is 0.307 e. The van der Waals surface area contributed by atoms with Gasteiger partial charge in [-0.1, -0.05) is 48.5 Å². The molecule has 2 N–H and O–H groups in total. The summed E-state index contributed by atoms with van der Waals surface area (Å²) in [6.07, 6.45) is 1.73. The van der Waals surface area contributed by atoms with Crippen molar-refractivity contribution < 1.29 is 9.90 Å². The average Bonchev–Trinajstić information content (AvgIpc) is 2.90. The first-order chi connectivity index (χ1) is 17.5. The minimum atomic E-state index is -0.856. The van der Waals surface area contributed by atoms with Crippen molar-refractivity contribution in [1.29, 1.82) is 0 Å². The van der Waals surface area contributed by atoms with E-state index >= 15 is 0 Å². The zero-order valence-corrected chi connectivity index (χ0v) is 19.7. The van der Waals surface area contributed by atoms with Crippen molar-refractivity contribution >= 4 is 28.2 Å². The van der Waals surface area contributed by atoms with Crippen LogP contribution in [0.5, 0.6) is 0 Å². The fraction of sp³-hybridized carbons (Fsp3) is 0.103. The number of aryl methyl sites for hydroxylation is 1. The second-order valence-corrected chi connectivity index (χ2v) is 8.41. The zero-order chi connectivity index (χ0) is 25.1. The minimum absolute atomic E-state index is 0.00859. The first-order valence-electron chi connectivity index (χ1n) is 11.7. The van der Waals surface area contributed by atoms with E-state index in [0.717, 1.165) is 38.8 Å². The molecule has 0 fully saturated rings. The number of carbonyl (C=O) groups is 1. The molecule has 0 bridgehead atoms.